The molecule has 0 aliphatic carbocycles. The van der Waals surface area contributed by atoms with Crippen LogP contribution < -0.4 is 10.6 Å². The Kier molecular flexibility index (Phi) is 4.55. The maximum atomic E-state index is 12.9. The molecule has 1 saturated heterocycles. The zero-order valence-electron chi connectivity index (χ0n) is 14.5. The minimum atomic E-state index is 0.0869. The van der Waals surface area contributed by atoms with E-state index in [0.29, 0.717) is 12.5 Å². The smallest absolute Gasteiger partial charge is 0.241 e. The molecule has 0 aromatic heterocycles. The number of para-hydroxylation sites is 1. The third kappa shape index (κ3) is 3.32. The number of hydrogen-bond acceptors (Lipinski definition) is 3. The Morgan fingerprint density at radius 2 is 1.80 bits per heavy atom. The molecule has 2 atom stereocenters. The van der Waals surface area contributed by atoms with Crippen LogP contribution >= 0.6 is 0 Å². The summed E-state index contributed by atoms with van der Waals surface area (Å²) in [7, 11) is 0. The van der Waals surface area contributed by atoms with Gasteiger partial charge in [0.25, 0.3) is 0 Å². The number of carbonyl (C=O) groups excluding carboxylic acids is 1. The molecule has 0 saturated carbocycles. The summed E-state index contributed by atoms with van der Waals surface area (Å²) in [6.45, 7) is 2.90. The van der Waals surface area contributed by atoms with Gasteiger partial charge in [0.05, 0.1) is 6.54 Å². The van der Waals surface area contributed by atoms with Crippen molar-refractivity contribution in [2.75, 3.05) is 31.1 Å². The second kappa shape index (κ2) is 6.98. The van der Waals surface area contributed by atoms with Gasteiger partial charge in [-0.3, -0.25) is 9.69 Å². The van der Waals surface area contributed by atoms with Gasteiger partial charge in [-0.05, 0) is 30.0 Å². The maximum absolute atomic E-state index is 12.9. The van der Waals surface area contributed by atoms with Gasteiger partial charge in [0.1, 0.15) is 0 Å². The molecule has 2 aromatic rings. The molecule has 2 aliphatic heterocycles. The van der Waals surface area contributed by atoms with Gasteiger partial charge in [0.15, 0.2) is 0 Å². The molecule has 1 amide bonds. The van der Waals surface area contributed by atoms with Crippen LogP contribution in [0.15, 0.2) is 54.6 Å². The maximum Gasteiger partial charge on any atom is 0.241 e. The highest BCUT2D eigenvalue weighted by Gasteiger charge is 2.33. The average molecular weight is 335 g/mol. The van der Waals surface area contributed by atoms with E-state index in [4.69, 9.17) is 5.73 Å². The van der Waals surface area contributed by atoms with Crippen LogP contribution in [0.4, 0.5) is 5.69 Å². The van der Waals surface area contributed by atoms with Gasteiger partial charge < -0.3 is 10.6 Å². The second-order valence-corrected chi connectivity index (χ2v) is 7.15. The van der Waals surface area contributed by atoms with E-state index in [-0.39, 0.29) is 11.9 Å². The molecular formula is C21H25N3O. The lowest BCUT2D eigenvalue weighted by Crippen LogP contribution is -2.42. The van der Waals surface area contributed by atoms with Crippen molar-refractivity contribution in [3.8, 4) is 0 Å². The molecule has 2 heterocycles. The molecule has 4 heteroatoms. The van der Waals surface area contributed by atoms with E-state index < -0.39 is 0 Å². The first-order valence-corrected chi connectivity index (χ1v) is 9.13. The Morgan fingerprint density at radius 1 is 1.04 bits per heavy atom. The number of nitrogens with zero attached hydrogens (tertiary/aromatic N) is 2. The molecule has 0 spiro atoms. The Balaban J connectivity index is 1.44. The predicted octanol–water partition coefficient (Wildman–Crippen LogP) is 2.39. The summed E-state index contributed by atoms with van der Waals surface area (Å²) in [5, 5.41) is 0. The summed E-state index contributed by atoms with van der Waals surface area (Å²) in [6, 6.07) is 18.8. The number of carbonyl (C=O) groups is 1. The van der Waals surface area contributed by atoms with Crippen LogP contribution in [-0.2, 0) is 11.2 Å². The van der Waals surface area contributed by atoms with Crippen molar-refractivity contribution in [2.24, 2.45) is 5.73 Å². The molecule has 0 unspecified atom stereocenters. The molecule has 4 rings (SSSR count). The van der Waals surface area contributed by atoms with Crippen LogP contribution in [0.2, 0.25) is 0 Å². The van der Waals surface area contributed by atoms with Crippen molar-refractivity contribution < 1.29 is 4.79 Å². The minimum Gasteiger partial charge on any atom is -0.326 e. The zero-order chi connectivity index (χ0) is 17.2. The van der Waals surface area contributed by atoms with Gasteiger partial charge >= 0.3 is 0 Å². The van der Waals surface area contributed by atoms with Gasteiger partial charge in [0, 0.05) is 37.3 Å². The average Bonchev–Trinajstić information content (AvgIpc) is 3.02. The molecule has 1 fully saturated rings. The number of amides is 1. The van der Waals surface area contributed by atoms with Crippen LogP contribution in [0.5, 0.6) is 0 Å². The number of hydrogen-bond donors (Lipinski definition) is 1. The number of fused-ring (bicyclic) bond motifs is 1. The standard InChI is InChI=1S/C21H25N3O/c22-19-14-23(13-18(19)16-7-2-1-3-8-16)15-21(25)24-12-6-10-17-9-4-5-11-20(17)24/h1-5,7-9,11,18-19H,6,10,12-15,22H2/t18-,19+/m0/s1. The van der Waals surface area contributed by atoms with Gasteiger partial charge in [-0.1, -0.05) is 48.5 Å². The number of rotatable bonds is 3. The van der Waals surface area contributed by atoms with Crippen molar-refractivity contribution in [1.82, 2.24) is 4.90 Å². The summed E-state index contributed by atoms with van der Waals surface area (Å²) in [5.74, 6) is 0.496. The molecule has 0 radical (unpaired) electrons. The van der Waals surface area contributed by atoms with E-state index in [1.807, 2.05) is 17.0 Å². The molecule has 130 valence electrons. The predicted molar refractivity (Wildman–Crippen MR) is 101 cm³/mol. The van der Waals surface area contributed by atoms with Gasteiger partial charge in [-0.15, -0.1) is 0 Å². The largest absolute Gasteiger partial charge is 0.326 e. The molecule has 2 aliphatic rings. The highest BCUT2D eigenvalue weighted by atomic mass is 16.2. The fourth-order valence-corrected chi connectivity index (χ4v) is 4.16. The van der Waals surface area contributed by atoms with E-state index in [1.165, 1.54) is 11.1 Å². The first-order chi connectivity index (χ1) is 12.2. The van der Waals surface area contributed by atoms with Crippen LogP contribution in [0, 0.1) is 0 Å². The number of nitrogens with two attached hydrogens (primary N) is 1. The SMILES string of the molecule is N[C@@H]1CN(CC(=O)N2CCCc3ccccc32)C[C@H]1c1ccccc1. The Labute approximate surface area is 149 Å². The van der Waals surface area contributed by atoms with Gasteiger partial charge in [0.2, 0.25) is 5.91 Å². The highest BCUT2D eigenvalue weighted by Crippen LogP contribution is 2.29. The Bertz CT molecular complexity index is 746. The lowest BCUT2D eigenvalue weighted by Gasteiger charge is -2.31. The minimum absolute atomic E-state index is 0.0869. The summed E-state index contributed by atoms with van der Waals surface area (Å²) in [6.07, 6.45) is 2.10. The van der Waals surface area contributed by atoms with Crippen LogP contribution in [0.1, 0.15) is 23.5 Å². The second-order valence-electron chi connectivity index (χ2n) is 7.15. The highest BCUT2D eigenvalue weighted by molar-refractivity contribution is 5.96. The molecule has 2 N–H and O–H groups in total. The van der Waals surface area contributed by atoms with Crippen molar-refractivity contribution >= 4 is 11.6 Å². The van der Waals surface area contributed by atoms with E-state index in [9.17, 15) is 4.79 Å². The quantitative estimate of drug-likeness (QED) is 0.937. The fourth-order valence-electron chi connectivity index (χ4n) is 4.16. The van der Waals surface area contributed by atoms with Crippen molar-refractivity contribution in [3.05, 3.63) is 65.7 Å². The number of anilines is 1. The lowest BCUT2D eigenvalue weighted by atomic mass is 9.95. The van der Waals surface area contributed by atoms with Crippen molar-refractivity contribution in [1.29, 1.82) is 0 Å². The number of aryl methyl sites for hydroxylation is 1. The first kappa shape index (κ1) is 16.3. The lowest BCUT2D eigenvalue weighted by molar-refractivity contribution is -0.119. The zero-order valence-corrected chi connectivity index (χ0v) is 14.5. The number of benzene rings is 2. The van der Waals surface area contributed by atoms with E-state index in [1.54, 1.807) is 0 Å². The summed E-state index contributed by atoms with van der Waals surface area (Å²) in [4.78, 5) is 17.1. The molecule has 2 aromatic carbocycles. The van der Waals surface area contributed by atoms with E-state index in [0.717, 1.165) is 38.2 Å². The normalized spacial score (nSPS) is 23.5. The Hall–Kier alpha value is -2.17. The fraction of sp³-hybridized carbons (Fsp3) is 0.381. The van der Waals surface area contributed by atoms with Crippen molar-refractivity contribution in [2.45, 2.75) is 24.8 Å². The van der Waals surface area contributed by atoms with Gasteiger partial charge in [-0.2, -0.15) is 0 Å². The van der Waals surface area contributed by atoms with Gasteiger partial charge in [-0.25, -0.2) is 0 Å². The Morgan fingerprint density at radius 3 is 2.64 bits per heavy atom. The third-order valence-electron chi connectivity index (χ3n) is 5.44. The third-order valence-corrected chi connectivity index (χ3v) is 5.44. The summed E-state index contributed by atoms with van der Waals surface area (Å²) in [5.41, 5.74) is 10.0. The van der Waals surface area contributed by atoms with E-state index in [2.05, 4.69) is 47.4 Å². The van der Waals surface area contributed by atoms with E-state index >= 15 is 0 Å². The first-order valence-electron chi connectivity index (χ1n) is 9.13. The molecule has 0 bridgehead atoms. The number of likely N-dealkylation sites (tertiary alicyclic amines) is 1. The molecule has 25 heavy (non-hydrogen) atoms. The monoisotopic (exact) mass is 335 g/mol. The topological polar surface area (TPSA) is 49.6 Å². The van der Waals surface area contributed by atoms with Crippen LogP contribution in [-0.4, -0.2) is 43.0 Å². The van der Waals surface area contributed by atoms with Crippen LogP contribution in [0.25, 0.3) is 0 Å². The molecular weight excluding hydrogens is 310 g/mol. The molecule has 4 nitrogen and oxygen atoms in total. The van der Waals surface area contributed by atoms with Crippen molar-refractivity contribution in [3.63, 3.8) is 0 Å². The summed E-state index contributed by atoms with van der Waals surface area (Å²) < 4.78 is 0. The summed E-state index contributed by atoms with van der Waals surface area (Å²) >= 11 is 0. The van der Waals surface area contributed by atoms with Crippen LogP contribution in [0.3, 0.4) is 0 Å².